The van der Waals surface area contributed by atoms with Crippen LogP contribution in [-0.4, -0.2) is 28.9 Å². The first-order valence-electron chi connectivity index (χ1n) is 8.58. The number of likely N-dealkylation sites (tertiary alicyclic amines) is 1. The summed E-state index contributed by atoms with van der Waals surface area (Å²) in [5.41, 5.74) is 1.91. The molecule has 0 atom stereocenters. The van der Waals surface area contributed by atoms with Crippen molar-refractivity contribution in [3.05, 3.63) is 76.8 Å². The molecule has 1 heterocycles. The van der Waals surface area contributed by atoms with E-state index in [2.05, 4.69) is 29.2 Å². The summed E-state index contributed by atoms with van der Waals surface area (Å²) in [6, 6.07) is 17.2. The zero-order chi connectivity index (χ0) is 17.6. The van der Waals surface area contributed by atoms with Crippen LogP contribution in [0.2, 0.25) is 5.02 Å². The molecule has 0 aromatic heterocycles. The van der Waals surface area contributed by atoms with Crippen LogP contribution in [-0.2, 0) is 11.3 Å². The van der Waals surface area contributed by atoms with Gasteiger partial charge in [-0.2, -0.15) is 0 Å². The van der Waals surface area contributed by atoms with Crippen molar-refractivity contribution < 1.29 is 9.90 Å². The molecule has 0 saturated carbocycles. The van der Waals surface area contributed by atoms with Crippen molar-refractivity contribution in [3.63, 3.8) is 0 Å². The Hall–Kier alpha value is -2.10. The second-order valence-corrected chi connectivity index (χ2v) is 6.91. The lowest BCUT2D eigenvalue weighted by molar-refractivity contribution is -0.119. The number of allylic oxidation sites excluding steroid dienone is 1. The van der Waals surface area contributed by atoms with Gasteiger partial charge < -0.3 is 5.11 Å². The third kappa shape index (κ3) is 4.94. The van der Waals surface area contributed by atoms with Crippen LogP contribution in [0.5, 0.6) is 0 Å². The zero-order valence-corrected chi connectivity index (χ0v) is 14.8. The van der Waals surface area contributed by atoms with Gasteiger partial charge in [0, 0.05) is 29.1 Å². The number of hydrogen-bond donors (Lipinski definition) is 1. The number of carbonyl (C=O) groups is 1. The van der Waals surface area contributed by atoms with E-state index in [0.29, 0.717) is 10.6 Å². The Morgan fingerprint density at radius 2 is 1.72 bits per heavy atom. The number of benzene rings is 2. The highest BCUT2D eigenvalue weighted by Gasteiger charge is 2.24. The number of halogens is 1. The maximum atomic E-state index is 12.4. The van der Waals surface area contributed by atoms with Crippen molar-refractivity contribution >= 4 is 23.1 Å². The van der Waals surface area contributed by atoms with Crippen LogP contribution >= 0.6 is 11.6 Å². The highest BCUT2D eigenvalue weighted by molar-refractivity contribution is 6.30. The molecule has 25 heavy (non-hydrogen) atoms. The number of piperidine rings is 1. The summed E-state index contributed by atoms with van der Waals surface area (Å²) in [5, 5.41) is 10.8. The van der Waals surface area contributed by atoms with Gasteiger partial charge in [-0.15, -0.1) is 0 Å². The van der Waals surface area contributed by atoms with Crippen LogP contribution in [0.4, 0.5) is 0 Å². The summed E-state index contributed by atoms with van der Waals surface area (Å²) in [5.74, 6) is 0.00154. The van der Waals surface area contributed by atoms with Crippen molar-refractivity contribution in [3.8, 4) is 0 Å². The smallest absolute Gasteiger partial charge is 0.162 e. The highest BCUT2D eigenvalue weighted by Crippen LogP contribution is 2.22. The van der Waals surface area contributed by atoms with Crippen molar-refractivity contribution in [2.24, 2.45) is 5.92 Å². The number of aliphatic hydroxyl groups excluding tert-OH is 1. The average molecular weight is 356 g/mol. The second kappa shape index (κ2) is 8.32. The lowest BCUT2D eigenvalue weighted by atomic mass is 9.91. The first-order valence-corrected chi connectivity index (χ1v) is 8.96. The summed E-state index contributed by atoms with van der Waals surface area (Å²) in [4.78, 5) is 14.8. The Morgan fingerprint density at radius 3 is 2.36 bits per heavy atom. The van der Waals surface area contributed by atoms with Crippen LogP contribution in [0, 0.1) is 5.92 Å². The van der Waals surface area contributed by atoms with E-state index in [4.69, 9.17) is 11.6 Å². The lowest BCUT2D eigenvalue weighted by Crippen LogP contribution is -2.35. The fourth-order valence-electron chi connectivity index (χ4n) is 3.17. The Balaban J connectivity index is 1.54. The SMILES string of the molecule is O=C(/C=C(/O)c1ccc(Cl)cc1)C1CCN(Cc2ccccc2)CC1. The predicted octanol–water partition coefficient (Wildman–Crippen LogP) is 4.72. The van der Waals surface area contributed by atoms with E-state index in [1.807, 2.05) is 6.07 Å². The topological polar surface area (TPSA) is 40.5 Å². The molecule has 1 aliphatic heterocycles. The summed E-state index contributed by atoms with van der Waals surface area (Å²) in [6.45, 7) is 2.73. The molecule has 1 aliphatic rings. The Morgan fingerprint density at radius 1 is 1.08 bits per heavy atom. The van der Waals surface area contributed by atoms with Crippen molar-refractivity contribution in [1.82, 2.24) is 4.90 Å². The van der Waals surface area contributed by atoms with E-state index in [1.54, 1.807) is 24.3 Å². The maximum absolute atomic E-state index is 12.4. The Labute approximate surface area is 153 Å². The zero-order valence-electron chi connectivity index (χ0n) is 14.1. The number of nitrogens with zero attached hydrogens (tertiary/aromatic N) is 1. The van der Waals surface area contributed by atoms with E-state index in [-0.39, 0.29) is 17.5 Å². The van der Waals surface area contributed by atoms with Gasteiger partial charge in [0.25, 0.3) is 0 Å². The van der Waals surface area contributed by atoms with Crippen LogP contribution in [0.3, 0.4) is 0 Å². The van der Waals surface area contributed by atoms with Gasteiger partial charge in [-0.3, -0.25) is 9.69 Å². The van der Waals surface area contributed by atoms with E-state index in [9.17, 15) is 9.90 Å². The third-order valence-corrected chi connectivity index (χ3v) is 4.91. The largest absolute Gasteiger partial charge is 0.507 e. The minimum Gasteiger partial charge on any atom is -0.507 e. The Bertz CT molecular complexity index is 732. The average Bonchev–Trinajstić information content (AvgIpc) is 2.63. The third-order valence-electron chi connectivity index (χ3n) is 4.66. The fraction of sp³-hybridized carbons (Fsp3) is 0.286. The van der Waals surface area contributed by atoms with E-state index >= 15 is 0 Å². The molecule has 3 nitrogen and oxygen atoms in total. The van der Waals surface area contributed by atoms with Gasteiger partial charge >= 0.3 is 0 Å². The predicted molar refractivity (Wildman–Crippen MR) is 102 cm³/mol. The van der Waals surface area contributed by atoms with Crippen LogP contribution in [0.25, 0.3) is 5.76 Å². The quantitative estimate of drug-likeness (QED) is 0.623. The summed E-state index contributed by atoms with van der Waals surface area (Å²) >= 11 is 5.84. The molecule has 2 aromatic rings. The minimum atomic E-state index is -0.0125. The molecule has 0 unspecified atom stereocenters. The normalized spacial score (nSPS) is 16.8. The van der Waals surface area contributed by atoms with Gasteiger partial charge in [0.1, 0.15) is 5.76 Å². The van der Waals surface area contributed by atoms with Crippen LogP contribution in [0.15, 0.2) is 60.7 Å². The van der Waals surface area contributed by atoms with Gasteiger partial charge in [-0.25, -0.2) is 0 Å². The molecular weight excluding hydrogens is 334 g/mol. The van der Waals surface area contributed by atoms with E-state index < -0.39 is 0 Å². The second-order valence-electron chi connectivity index (χ2n) is 6.47. The number of carbonyl (C=O) groups excluding carboxylic acids is 1. The molecule has 2 aromatic carbocycles. The van der Waals surface area contributed by atoms with Crippen molar-refractivity contribution in [2.45, 2.75) is 19.4 Å². The van der Waals surface area contributed by atoms with Gasteiger partial charge in [-0.05, 0) is 55.8 Å². The monoisotopic (exact) mass is 355 g/mol. The van der Waals surface area contributed by atoms with E-state index in [0.717, 1.165) is 32.5 Å². The van der Waals surface area contributed by atoms with Gasteiger partial charge in [0.15, 0.2) is 5.78 Å². The summed E-state index contributed by atoms with van der Waals surface area (Å²) in [6.07, 6.45) is 3.02. The number of aliphatic hydroxyl groups is 1. The summed E-state index contributed by atoms with van der Waals surface area (Å²) in [7, 11) is 0. The Kier molecular flexibility index (Phi) is 5.90. The molecule has 130 valence electrons. The molecule has 0 bridgehead atoms. The molecule has 0 amide bonds. The first kappa shape index (κ1) is 17.7. The molecule has 0 spiro atoms. The standard InChI is InChI=1S/C21H22ClNO2/c22-19-8-6-17(7-9-19)20(24)14-21(25)18-10-12-23(13-11-18)15-16-4-2-1-3-5-16/h1-9,14,18,24H,10-13,15H2/b20-14+. The molecule has 1 N–H and O–H groups in total. The summed E-state index contributed by atoms with van der Waals surface area (Å²) < 4.78 is 0. The van der Waals surface area contributed by atoms with E-state index in [1.165, 1.54) is 11.6 Å². The van der Waals surface area contributed by atoms with Gasteiger partial charge in [0.2, 0.25) is 0 Å². The van der Waals surface area contributed by atoms with Crippen LogP contribution < -0.4 is 0 Å². The van der Waals surface area contributed by atoms with Crippen LogP contribution in [0.1, 0.15) is 24.0 Å². The maximum Gasteiger partial charge on any atom is 0.162 e. The highest BCUT2D eigenvalue weighted by atomic mass is 35.5. The molecule has 3 rings (SSSR count). The number of rotatable bonds is 5. The molecule has 0 radical (unpaired) electrons. The van der Waals surface area contributed by atoms with Crippen molar-refractivity contribution in [1.29, 1.82) is 0 Å². The molecule has 0 aliphatic carbocycles. The van der Waals surface area contributed by atoms with Gasteiger partial charge in [-0.1, -0.05) is 41.9 Å². The lowest BCUT2D eigenvalue weighted by Gasteiger charge is -2.30. The molecular formula is C21H22ClNO2. The number of hydrogen-bond acceptors (Lipinski definition) is 3. The fourth-order valence-corrected chi connectivity index (χ4v) is 3.30. The minimum absolute atomic E-state index is 0.00631. The van der Waals surface area contributed by atoms with Gasteiger partial charge in [0.05, 0.1) is 0 Å². The first-order chi connectivity index (χ1) is 12.1. The molecule has 4 heteroatoms. The van der Waals surface area contributed by atoms with Crippen molar-refractivity contribution in [2.75, 3.05) is 13.1 Å². The number of ketones is 1. The molecule has 1 fully saturated rings. The molecule has 1 saturated heterocycles.